The molecule has 4 nitrogen and oxygen atoms in total. The molecule has 0 bridgehead atoms. The first-order valence-corrected chi connectivity index (χ1v) is 34.3. The van der Waals surface area contributed by atoms with E-state index < -0.39 is 6.61 Å². The van der Waals surface area contributed by atoms with E-state index in [1.165, 1.54) is 61.7 Å². The molecular formula is C88H120BrClFNO3. The zero-order chi connectivity index (χ0) is 73.3. The number of benzene rings is 8. The average molecular weight is 1370 g/mol. The smallest absolute Gasteiger partial charge is 0.188 e. The summed E-state index contributed by atoms with van der Waals surface area (Å²) in [7, 11) is 1.70. The van der Waals surface area contributed by atoms with E-state index >= 15 is 0 Å². The summed E-state index contributed by atoms with van der Waals surface area (Å²) in [6.45, 7) is 67.0. The molecule has 0 amide bonds. The number of halogens is 3. The zero-order valence-corrected chi connectivity index (χ0v) is 66.2. The highest BCUT2D eigenvalue weighted by Crippen LogP contribution is 2.32. The van der Waals surface area contributed by atoms with Gasteiger partial charge >= 0.3 is 0 Å². The number of nitrogens with zero attached hydrogens (tertiary/aromatic N) is 1. The van der Waals surface area contributed by atoms with Gasteiger partial charge in [0.1, 0.15) is 18.2 Å². The van der Waals surface area contributed by atoms with Gasteiger partial charge in [-0.05, 0) is 169 Å². The molecule has 8 aromatic rings. The highest BCUT2D eigenvalue weighted by Gasteiger charge is 2.20. The van der Waals surface area contributed by atoms with Crippen LogP contribution in [0, 0.1) is 40.1 Å². The fraction of sp³-hybridized carbons (Fsp3) is 0.432. The van der Waals surface area contributed by atoms with Crippen LogP contribution < -0.4 is 4.74 Å². The molecule has 0 atom stereocenters. The monoisotopic (exact) mass is 1370 g/mol. The fourth-order valence-corrected chi connectivity index (χ4v) is 9.97. The quantitative estimate of drug-likeness (QED) is 0.142. The van der Waals surface area contributed by atoms with E-state index in [-0.39, 0.29) is 54.9 Å². The van der Waals surface area contributed by atoms with Gasteiger partial charge in [0.2, 0.25) is 0 Å². The van der Waals surface area contributed by atoms with Crippen LogP contribution in [0.5, 0.6) is 5.75 Å². The van der Waals surface area contributed by atoms with Gasteiger partial charge in [0, 0.05) is 15.1 Å². The average Bonchev–Trinajstić information content (AvgIpc) is 0.889. The maximum Gasteiger partial charge on any atom is 0.188 e. The van der Waals surface area contributed by atoms with Crippen LogP contribution in [0.2, 0.25) is 5.02 Å². The van der Waals surface area contributed by atoms with Crippen LogP contribution in [0.1, 0.15) is 243 Å². The first kappa shape index (κ1) is 86.4. The first-order chi connectivity index (χ1) is 43.4. The maximum absolute atomic E-state index is 12.9. The lowest BCUT2D eigenvalue weighted by Gasteiger charge is -2.21. The summed E-state index contributed by atoms with van der Waals surface area (Å²) in [5, 5.41) is 9.60. The van der Waals surface area contributed by atoms with Gasteiger partial charge in [0.05, 0.1) is 13.7 Å². The standard InChI is InChI=1S/C12H16O2.C11H15Cl.C11H15F.C11H13N.C11H16O.2C11H16.C10H13Br/c1-12(2,3)10-6-4-5-9(7-10)11(14)8-13;1-8-9(11(2,3)4)6-5-7-10(8)12;1-8-7-9(11(2,3)4)5-6-10(8)12;2*1-11(2,3)9-6-5-7-10(8-9)12-4;1-9-6-5-7-10(8-9)11(2,3)4;1-9-7-5-6-8-10(9)11(2,3)4;1-10(2,3)8-5-4-6-9(11)7-8/h4-7,13H,8H2,1-3H3;2*5-7H,1-4H3;5-8H,1-3H3;5-8H,1-4H3;2*5-8H,1-4H3;4-7H,1-3H3. The Hall–Kier alpha value is -6.62. The summed E-state index contributed by atoms with van der Waals surface area (Å²) in [5.41, 5.74) is 17.8. The van der Waals surface area contributed by atoms with Gasteiger partial charge in [-0.15, -0.1) is 0 Å². The number of carbonyl (C=O) groups is 1. The van der Waals surface area contributed by atoms with Crippen LogP contribution in [0.4, 0.5) is 10.1 Å². The van der Waals surface area contributed by atoms with Crippen LogP contribution in [0.3, 0.4) is 0 Å². The summed E-state index contributed by atoms with van der Waals surface area (Å²) >= 11 is 9.47. The highest BCUT2D eigenvalue weighted by molar-refractivity contribution is 9.10. The summed E-state index contributed by atoms with van der Waals surface area (Å²) in [5.74, 6) is 0.585. The number of Topliss-reactive ketones (excluding diaryl/α,β-unsaturated/α-hetero) is 1. The number of ether oxygens (including phenoxy) is 1. The molecule has 0 aromatic heterocycles. The molecule has 0 heterocycles. The Kier molecular flexibility index (Phi) is 34.3. The van der Waals surface area contributed by atoms with Crippen molar-refractivity contribution in [3.05, 3.63) is 281 Å². The first-order valence-electron chi connectivity index (χ1n) is 33.2. The van der Waals surface area contributed by atoms with Crippen LogP contribution in [0.15, 0.2) is 186 Å². The molecule has 0 radical (unpaired) electrons. The van der Waals surface area contributed by atoms with Gasteiger partial charge in [-0.3, -0.25) is 4.79 Å². The summed E-state index contributed by atoms with van der Waals surface area (Å²) in [6, 6.07) is 60.5. The summed E-state index contributed by atoms with van der Waals surface area (Å²) in [6.07, 6.45) is 0. The maximum atomic E-state index is 12.9. The molecule has 0 aliphatic heterocycles. The van der Waals surface area contributed by atoms with Gasteiger partial charge < -0.3 is 9.84 Å². The second kappa shape index (κ2) is 37.8. The number of methoxy groups -OCH3 is 1. The number of ketones is 1. The second-order valence-corrected chi connectivity index (χ2v) is 34.0. The Labute approximate surface area is 591 Å². The lowest BCUT2D eigenvalue weighted by Crippen LogP contribution is -2.13. The van der Waals surface area contributed by atoms with E-state index in [1.807, 2.05) is 72.8 Å². The van der Waals surface area contributed by atoms with Gasteiger partial charge in [-0.1, -0.05) is 344 Å². The molecule has 0 fully saturated rings. The number of aryl methyl sites for hydroxylation is 3. The molecule has 0 spiro atoms. The highest BCUT2D eigenvalue weighted by atomic mass is 79.9. The Morgan fingerprint density at radius 1 is 0.442 bits per heavy atom. The van der Waals surface area contributed by atoms with Gasteiger partial charge in [-0.25, -0.2) is 9.24 Å². The number of aliphatic hydroxyl groups is 1. The van der Waals surface area contributed by atoms with Gasteiger partial charge in [0.15, 0.2) is 11.5 Å². The molecule has 95 heavy (non-hydrogen) atoms. The molecule has 7 heteroatoms. The normalized spacial score (nSPS) is 11.5. The molecule has 0 aliphatic rings. The molecule has 8 rings (SSSR count). The van der Waals surface area contributed by atoms with E-state index in [9.17, 15) is 9.18 Å². The third-order valence-corrected chi connectivity index (χ3v) is 16.5. The van der Waals surface area contributed by atoms with Crippen LogP contribution >= 0.6 is 27.5 Å². The van der Waals surface area contributed by atoms with Crippen molar-refractivity contribution in [2.45, 2.75) is 237 Å². The van der Waals surface area contributed by atoms with Crippen molar-refractivity contribution < 1.29 is 19.0 Å². The third-order valence-electron chi connectivity index (χ3n) is 15.6. The third kappa shape index (κ3) is 32.8. The summed E-state index contributed by atoms with van der Waals surface area (Å²) in [4.78, 5) is 14.6. The summed E-state index contributed by atoms with van der Waals surface area (Å²) < 4.78 is 19.2. The number of rotatable bonds is 3. The SMILES string of the molecule is CC(C)(C)c1cccc(Br)c1.CC(C)(C)c1cccc(C(=O)CO)c1.COc1cccc(C(C)(C)C)c1.Cc1c(Cl)cccc1C(C)(C)C.Cc1cc(C(C)(C)C)ccc1F.Cc1cccc(C(C)(C)C)c1.Cc1ccccc1C(C)(C)C.[C-]#[N+]c1cccc(C(C)(C)C)c1. The number of hydrogen-bond acceptors (Lipinski definition) is 3. The zero-order valence-electron chi connectivity index (χ0n) is 63.9. The largest absolute Gasteiger partial charge is 0.497 e. The molecule has 516 valence electrons. The molecular weight excluding hydrogens is 1250 g/mol. The van der Waals surface area contributed by atoms with E-state index in [1.54, 1.807) is 20.1 Å². The van der Waals surface area contributed by atoms with Crippen molar-refractivity contribution in [2.24, 2.45) is 0 Å². The van der Waals surface area contributed by atoms with Crippen LogP contribution in [0.25, 0.3) is 4.85 Å². The van der Waals surface area contributed by atoms with Gasteiger partial charge in [-0.2, -0.15) is 0 Å². The topological polar surface area (TPSA) is 50.9 Å². The molecule has 8 aromatic carbocycles. The minimum Gasteiger partial charge on any atom is -0.497 e. The van der Waals surface area contributed by atoms with Crippen molar-refractivity contribution in [3.63, 3.8) is 0 Å². The second-order valence-electron chi connectivity index (χ2n) is 32.6. The Balaban J connectivity index is 0.000000543. The number of aliphatic hydroxyl groups excluding tert-OH is 1. The molecule has 0 aliphatic carbocycles. The Bertz CT molecular complexity index is 3610. The Morgan fingerprint density at radius 3 is 1.23 bits per heavy atom. The molecule has 0 saturated heterocycles. The van der Waals surface area contributed by atoms with Crippen LogP contribution in [-0.4, -0.2) is 24.6 Å². The fourth-order valence-electron chi connectivity index (χ4n) is 9.39. The predicted octanol–water partition coefficient (Wildman–Crippen LogP) is 26.4. The molecule has 0 saturated carbocycles. The lowest BCUT2D eigenvalue weighted by molar-refractivity contribution is 0.0903. The lowest BCUT2D eigenvalue weighted by atomic mass is 9.84. The predicted molar refractivity (Wildman–Crippen MR) is 417 cm³/mol. The van der Waals surface area contributed by atoms with E-state index in [2.05, 4.69) is 305 Å². The van der Waals surface area contributed by atoms with Crippen molar-refractivity contribution in [3.8, 4) is 5.75 Å². The Morgan fingerprint density at radius 2 is 0.842 bits per heavy atom. The minimum absolute atomic E-state index is 0.0335. The van der Waals surface area contributed by atoms with Crippen molar-refractivity contribution in [1.29, 1.82) is 0 Å². The van der Waals surface area contributed by atoms with Crippen molar-refractivity contribution in [2.75, 3.05) is 13.7 Å². The van der Waals surface area contributed by atoms with Crippen LogP contribution in [-0.2, 0) is 43.3 Å². The minimum atomic E-state index is -0.423. The van der Waals surface area contributed by atoms with Crippen molar-refractivity contribution >= 4 is 39.0 Å². The number of hydrogen-bond donors (Lipinski definition) is 1. The molecule has 0 unspecified atom stereocenters. The van der Waals surface area contributed by atoms with Gasteiger partial charge in [0.25, 0.3) is 0 Å². The number of carbonyl (C=O) groups excluding carboxylic acids is 1. The van der Waals surface area contributed by atoms with Crippen molar-refractivity contribution in [1.82, 2.24) is 0 Å². The molecule has 1 N–H and O–H groups in total. The van der Waals surface area contributed by atoms with E-state index in [0.29, 0.717) is 5.56 Å². The van der Waals surface area contributed by atoms with E-state index in [4.69, 9.17) is 28.0 Å². The van der Waals surface area contributed by atoms with E-state index in [0.717, 1.165) is 32.1 Å².